The zero-order chi connectivity index (χ0) is 21.7. The second kappa shape index (κ2) is 9.59. The number of nitrogens with zero attached hydrogens (tertiary/aromatic N) is 2. The fraction of sp³-hybridized carbons (Fsp3) is 0.333. The molecule has 0 aromatic heterocycles. The van der Waals surface area contributed by atoms with Crippen LogP contribution in [-0.4, -0.2) is 44.5 Å². The molecule has 3 rings (SSSR count). The van der Waals surface area contributed by atoms with Gasteiger partial charge in [-0.3, -0.25) is 4.79 Å². The van der Waals surface area contributed by atoms with Gasteiger partial charge in [0.1, 0.15) is 5.75 Å². The Morgan fingerprint density at radius 3 is 2.27 bits per heavy atom. The topological polar surface area (TPSA) is 88.1 Å². The molecule has 7 nitrogen and oxygen atoms in total. The number of benzene rings is 2. The minimum Gasteiger partial charge on any atom is -0.497 e. The fourth-order valence-electron chi connectivity index (χ4n) is 3.24. The second-order valence-corrected chi connectivity index (χ2v) is 9.41. The van der Waals surface area contributed by atoms with Gasteiger partial charge in [0.25, 0.3) is 0 Å². The number of hydrogen-bond acceptors (Lipinski definition) is 5. The molecule has 1 aliphatic heterocycles. The Morgan fingerprint density at radius 2 is 1.70 bits per heavy atom. The Labute approximate surface area is 181 Å². The van der Waals surface area contributed by atoms with Crippen molar-refractivity contribution < 1.29 is 17.9 Å². The maximum absolute atomic E-state index is 12.7. The number of amides is 1. The lowest BCUT2D eigenvalue weighted by atomic mass is 9.98. The molecule has 1 fully saturated rings. The molecule has 0 atom stereocenters. The van der Waals surface area contributed by atoms with Crippen LogP contribution in [0.2, 0.25) is 5.02 Å². The van der Waals surface area contributed by atoms with Gasteiger partial charge >= 0.3 is 0 Å². The molecule has 1 saturated heterocycles. The lowest BCUT2D eigenvalue weighted by molar-refractivity contribution is -0.126. The number of hydrazone groups is 1. The summed E-state index contributed by atoms with van der Waals surface area (Å²) in [5, 5.41) is 4.66. The third-order valence-electron chi connectivity index (χ3n) is 5.12. The first-order chi connectivity index (χ1) is 14.3. The molecule has 0 spiro atoms. The summed E-state index contributed by atoms with van der Waals surface area (Å²) in [6.45, 7) is 2.37. The van der Waals surface area contributed by atoms with Crippen LogP contribution in [0.1, 0.15) is 25.3 Å². The zero-order valence-electron chi connectivity index (χ0n) is 16.8. The van der Waals surface area contributed by atoms with Gasteiger partial charge in [0.15, 0.2) is 0 Å². The van der Waals surface area contributed by atoms with Gasteiger partial charge in [0.05, 0.1) is 17.7 Å². The normalized spacial score (nSPS) is 16.3. The molecule has 0 radical (unpaired) electrons. The van der Waals surface area contributed by atoms with Crippen molar-refractivity contribution in [2.75, 3.05) is 20.2 Å². The van der Waals surface area contributed by atoms with Gasteiger partial charge in [-0.2, -0.15) is 9.41 Å². The maximum atomic E-state index is 12.7. The standard InChI is InChI=1S/C21H24ClN3O4S/c1-15(16-3-7-19(29-2)8-4-16)23-24-21(26)17-11-13-25(14-12-17)30(27,28)20-9-5-18(22)6-10-20/h3-10,17H,11-14H2,1-2H3,(H,24,26)/b23-15+. The molecular weight excluding hydrogens is 426 g/mol. The molecule has 1 amide bonds. The predicted octanol–water partition coefficient (Wildman–Crippen LogP) is 3.29. The Balaban J connectivity index is 1.56. The van der Waals surface area contributed by atoms with Crippen molar-refractivity contribution in [1.82, 2.24) is 9.73 Å². The van der Waals surface area contributed by atoms with Crippen LogP contribution in [0.3, 0.4) is 0 Å². The van der Waals surface area contributed by atoms with Gasteiger partial charge in [0.2, 0.25) is 15.9 Å². The molecule has 2 aromatic carbocycles. The van der Waals surface area contributed by atoms with Crippen LogP contribution in [-0.2, 0) is 14.8 Å². The molecule has 1 aliphatic rings. The van der Waals surface area contributed by atoms with Crippen molar-refractivity contribution in [3.8, 4) is 5.75 Å². The van der Waals surface area contributed by atoms with Gasteiger partial charge in [-0.25, -0.2) is 13.8 Å². The minimum absolute atomic E-state index is 0.202. The van der Waals surface area contributed by atoms with Crippen LogP contribution in [0, 0.1) is 5.92 Å². The number of hydrogen-bond donors (Lipinski definition) is 1. The summed E-state index contributed by atoms with van der Waals surface area (Å²) in [6, 6.07) is 13.5. The largest absolute Gasteiger partial charge is 0.497 e. The van der Waals surface area contributed by atoms with E-state index < -0.39 is 10.0 Å². The van der Waals surface area contributed by atoms with Crippen LogP contribution in [0.4, 0.5) is 0 Å². The summed E-state index contributed by atoms with van der Waals surface area (Å²) in [7, 11) is -1.99. The zero-order valence-corrected chi connectivity index (χ0v) is 18.4. The smallest absolute Gasteiger partial charge is 0.243 e. The van der Waals surface area contributed by atoms with E-state index in [2.05, 4.69) is 10.5 Å². The van der Waals surface area contributed by atoms with Gasteiger partial charge in [-0.1, -0.05) is 11.6 Å². The first-order valence-electron chi connectivity index (χ1n) is 9.55. The van der Waals surface area contributed by atoms with Crippen LogP contribution in [0.5, 0.6) is 5.75 Å². The molecule has 2 aromatic rings. The molecule has 1 N–H and O–H groups in total. The Morgan fingerprint density at radius 1 is 1.10 bits per heavy atom. The fourth-order valence-corrected chi connectivity index (χ4v) is 4.84. The molecule has 0 unspecified atom stereocenters. The summed E-state index contributed by atoms with van der Waals surface area (Å²) in [6.07, 6.45) is 0.880. The summed E-state index contributed by atoms with van der Waals surface area (Å²) in [4.78, 5) is 12.7. The summed E-state index contributed by atoms with van der Waals surface area (Å²) in [5.41, 5.74) is 4.16. The minimum atomic E-state index is -3.59. The highest BCUT2D eigenvalue weighted by molar-refractivity contribution is 7.89. The quantitative estimate of drug-likeness (QED) is 0.541. The number of sulfonamides is 1. The van der Waals surface area contributed by atoms with E-state index in [1.165, 1.54) is 16.4 Å². The van der Waals surface area contributed by atoms with Crippen LogP contribution in [0.25, 0.3) is 0 Å². The summed E-state index contributed by atoms with van der Waals surface area (Å²) in [5.74, 6) is 0.261. The van der Waals surface area contributed by atoms with Crippen molar-refractivity contribution in [2.45, 2.75) is 24.7 Å². The van der Waals surface area contributed by atoms with E-state index in [1.807, 2.05) is 31.2 Å². The molecule has 0 aliphatic carbocycles. The number of piperidine rings is 1. The van der Waals surface area contributed by atoms with Crippen LogP contribution in [0.15, 0.2) is 58.5 Å². The van der Waals surface area contributed by atoms with Gasteiger partial charge in [-0.05, 0) is 73.9 Å². The molecule has 0 bridgehead atoms. The highest BCUT2D eigenvalue weighted by atomic mass is 35.5. The average Bonchev–Trinajstić information content (AvgIpc) is 2.77. The van der Waals surface area contributed by atoms with E-state index in [0.717, 1.165) is 11.3 Å². The van der Waals surface area contributed by atoms with Crippen LogP contribution < -0.4 is 10.2 Å². The van der Waals surface area contributed by atoms with E-state index >= 15 is 0 Å². The number of rotatable bonds is 6. The monoisotopic (exact) mass is 449 g/mol. The van der Waals surface area contributed by atoms with E-state index in [9.17, 15) is 13.2 Å². The molecule has 9 heteroatoms. The van der Waals surface area contributed by atoms with Crippen molar-refractivity contribution in [3.63, 3.8) is 0 Å². The number of ether oxygens (including phenoxy) is 1. The third-order valence-corrected chi connectivity index (χ3v) is 7.28. The highest BCUT2D eigenvalue weighted by Crippen LogP contribution is 2.25. The van der Waals surface area contributed by atoms with E-state index in [4.69, 9.17) is 16.3 Å². The van der Waals surface area contributed by atoms with Crippen molar-refractivity contribution in [3.05, 3.63) is 59.1 Å². The average molecular weight is 450 g/mol. The number of carbonyl (C=O) groups is 1. The first kappa shape index (κ1) is 22.3. The molecular formula is C21H24ClN3O4S. The van der Waals surface area contributed by atoms with Crippen molar-refractivity contribution in [2.24, 2.45) is 11.0 Å². The molecule has 1 heterocycles. The number of nitrogens with one attached hydrogen (secondary N) is 1. The van der Waals surface area contributed by atoms with E-state index in [1.54, 1.807) is 19.2 Å². The highest BCUT2D eigenvalue weighted by Gasteiger charge is 2.32. The van der Waals surface area contributed by atoms with Crippen molar-refractivity contribution >= 4 is 33.2 Å². The lowest BCUT2D eigenvalue weighted by Gasteiger charge is -2.30. The summed E-state index contributed by atoms with van der Waals surface area (Å²) < 4.78 is 32.0. The van der Waals surface area contributed by atoms with Gasteiger partial charge < -0.3 is 4.74 Å². The third kappa shape index (κ3) is 5.19. The summed E-state index contributed by atoms with van der Waals surface area (Å²) >= 11 is 5.84. The SMILES string of the molecule is COc1ccc(/C(C)=N/NC(=O)C2CCN(S(=O)(=O)c3ccc(Cl)cc3)CC2)cc1. The number of carbonyl (C=O) groups excluding carboxylic acids is 1. The van der Waals surface area contributed by atoms with Crippen molar-refractivity contribution in [1.29, 1.82) is 0 Å². The number of halogens is 1. The lowest BCUT2D eigenvalue weighted by Crippen LogP contribution is -2.42. The maximum Gasteiger partial charge on any atom is 0.243 e. The Kier molecular flexibility index (Phi) is 7.12. The Bertz CT molecular complexity index is 1010. The Hall–Kier alpha value is -2.42. The van der Waals surface area contributed by atoms with E-state index in [0.29, 0.717) is 23.6 Å². The molecule has 160 valence electrons. The number of methoxy groups -OCH3 is 1. The van der Waals surface area contributed by atoms with Gasteiger partial charge in [0, 0.05) is 24.0 Å². The molecule has 0 saturated carbocycles. The second-order valence-electron chi connectivity index (χ2n) is 7.03. The van der Waals surface area contributed by atoms with E-state index in [-0.39, 0.29) is 29.8 Å². The van der Waals surface area contributed by atoms with Crippen LogP contribution >= 0.6 is 11.6 Å². The van der Waals surface area contributed by atoms with Gasteiger partial charge in [-0.15, -0.1) is 0 Å². The first-order valence-corrected chi connectivity index (χ1v) is 11.4. The molecule has 30 heavy (non-hydrogen) atoms. The predicted molar refractivity (Wildman–Crippen MR) is 116 cm³/mol.